The van der Waals surface area contributed by atoms with Crippen molar-refractivity contribution in [3.05, 3.63) is 0 Å². The lowest BCUT2D eigenvalue weighted by Crippen LogP contribution is -2.73. The van der Waals surface area contributed by atoms with Crippen molar-refractivity contribution in [2.75, 3.05) is 6.54 Å². The molecule has 0 bridgehead atoms. The summed E-state index contributed by atoms with van der Waals surface area (Å²) in [5.41, 5.74) is -1.45. The fraction of sp³-hybridized carbons (Fsp3) is 0.857. The van der Waals surface area contributed by atoms with Gasteiger partial charge in [0.1, 0.15) is 11.1 Å². The summed E-state index contributed by atoms with van der Waals surface area (Å²) in [6, 6.07) is 0. The lowest BCUT2D eigenvalue weighted by molar-refractivity contribution is -0.162. The summed E-state index contributed by atoms with van der Waals surface area (Å²) in [5, 5.41) is 2.86. The van der Waals surface area contributed by atoms with Crippen molar-refractivity contribution < 1.29 is 9.59 Å². The van der Waals surface area contributed by atoms with Gasteiger partial charge in [0.2, 0.25) is 11.8 Å². The number of amides is 2. The Kier molecular flexibility index (Phi) is 3.16. The van der Waals surface area contributed by atoms with Crippen LogP contribution < -0.4 is 5.32 Å². The Morgan fingerprint density at radius 3 is 2.33 bits per heavy atom. The van der Waals surface area contributed by atoms with E-state index in [1.54, 1.807) is 13.8 Å². The van der Waals surface area contributed by atoms with E-state index < -0.39 is 11.1 Å². The van der Waals surface area contributed by atoms with Crippen molar-refractivity contribution in [2.24, 2.45) is 5.92 Å². The number of carbonyl (C=O) groups excluding carboxylic acids is 2. The highest BCUT2D eigenvalue weighted by molar-refractivity contribution is 6.01. The Hall–Kier alpha value is -1.06. The summed E-state index contributed by atoms with van der Waals surface area (Å²) in [7, 11) is 0. The first-order chi connectivity index (χ1) is 8.31. The van der Waals surface area contributed by atoms with E-state index in [4.69, 9.17) is 0 Å². The Morgan fingerprint density at radius 2 is 1.89 bits per heavy atom. The highest BCUT2D eigenvalue weighted by Crippen LogP contribution is 2.34. The summed E-state index contributed by atoms with van der Waals surface area (Å²) < 4.78 is 0. The van der Waals surface area contributed by atoms with Gasteiger partial charge < -0.3 is 10.2 Å². The molecule has 2 aliphatic rings. The first kappa shape index (κ1) is 13.4. The lowest BCUT2D eigenvalue weighted by Gasteiger charge is -2.50. The monoisotopic (exact) mass is 252 g/mol. The summed E-state index contributed by atoms with van der Waals surface area (Å²) in [5.74, 6) is 0.619. The van der Waals surface area contributed by atoms with Gasteiger partial charge in [-0.25, -0.2) is 0 Å². The zero-order valence-electron chi connectivity index (χ0n) is 11.9. The molecule has 4 heteroatoms. The fourth-order valence-corrected chi connectivity index (χ4v) is 2.73. The molecule has 1 aliphatic carbocycles. The van der Waals surface area contributed by atoms with Crippen LogP contribution in [0, 0.1) is 5.92 Å². The standard InChI is InChI=1S/C14H24N2O2/c1-5-14(4)11(17)15-13(2,3)12(18)16(14)9-10-7-6-8-10/h10H,5-9H2,1-4H3,(H,15,17). The first-order valence-corrected chi connectivity index (χ1v) is 6.96. The molecule has 18 heavy (non-hydrogen) atoms. The van der Waals surface area contributed by atoms with Gasteiger partial charge in [-0.1, -0.05) is 13.3 Å². The molecule has 0 aromatic carbocycles. The van der Waals surface area contributed by atoms with Gasteiger partial charge in [0, 0.05) is 6.54 Å². The number of rotatable bonds is 3. The predicted octanol–water partition coefficient (Wildman–Crippen LogP) is 1.69. The number of carbonyl (C=O) groups is 2. The highest BCUT2D eigenvalue weighted by atomic mass is 16.2. The van der Waals surface area contributed by atoms with Crippen molar-refractivity contribution >= 4 is 11.8 Å². The molecule has 1 saturated carbocycles. The minimum Gasteiger partial charge on any atom is -0.340 e. The van der Waals surface area contributed by atoms with E-state index in [1.165, 1.54) is 19.3 Å². The number of hydrogen-bond acceptors (Lipinski definition) is 2. The second-order valence-electron chi connectivity index (χ2n) is 6.42. The van der Waals surface area contributed by atoms with Crippen LogP contribution in [-0.2, 0) is 9.59 Å². The topological polar surface area (TPSA) is 49.4 Å². The van der Waals surface area contributed by atoms with Crippen molar-refractivity contribution in [3.8, 4) is 0 Å². The van der Waals surface area contributed by atoms with E-state index in [2.05, 4.69) is 5.32 Å². The van der Waals surface area contributed by atoms with E-state index >= 15 is 0 Å². The van der Waals surface area contributed by atoms with E-state index in [-0.39, 0.29) is 11.8 Å². The molecule has 102 valence electrons. The molecule has 1 aliphatic heterocycles. The molecule has 1 heterocycles. The molecule has 1 unspecified atom stereocenters. The van der Waals surface area contributed by atoms with Crippen LogP contribution in [0.25, 0.3) is 0 Å². The van der Waals surface area contributed by atoms with Crippen LogP contribution in [0.2, 0.25) is 0 Å². The SMILES string of the molecule is CCC1(C)C(=O)NC(C)(C)C(=O)N1CC1CCC1. The van der Waals surface area contributed by atoms with Crippen LogP contribution in [0.3, 0.4) is 0 Å². The molecule has 0 aromatic rings. The summed E-state index contributed by atoms with van der Waals surface area (Å²) >= 11 is 0. The zero-order chi connectivity index (χ0) is 13.6. The molecule has 0 radical (unpaired) electrons. The lowest BCUT2D eigenvalue weighted by atomic mass is 9.80. The van der Waals surface area contributed by atoms with Crippen LogP contribution in [0.5, 0.6) is 0 Å². The molecule has 1 N–H and O–H groups in total. The minimum atomic E-state index is -0.768. The Balaban J connectivity index is 2.27. The molecule has 1 saturated heterocycles. The van der Waals surface area contributed by atoms with Crippen molar-refractivity contribution in [1.29, 1.82) is 0 Å². The Labute approximate surface area is 109 Å². The Bertz CT molecular complexity index is 374. The van der Waals surface area contributed by atoms with Gasteiger partial charge in [-0.15, -0.1) is 0 Å². The van der Waals surface area contributed by atoms with Crippen LogP contribution in [0.1, 0.15) is 53.4 Å². The number of nitrogens with one attached hydrogen (secondary N) is 1. The molecule has 4 nitrogen and oxygen atoms in total. The maximum Gasteiger partial charge on any atom is 0.248 e. The van der Waals surface area contributed by atoms with Gasteiger partial charge in [-0.2, -0.15) is 0 Å². The third-order valence-corrected chi connectivity index (χ3v) is 4.64. The largest absolute Gasteiger partial charge is 0.340 e. The summed E-state index contributed by atoms with van der Waals surface area (Å²) in [6.07, 6.45) is 4.29. The fourth-order valence-electron chi connectivity index (χ4n) is 2.73. The molecule has 0 aromatic heterocycles. The van der Waals surface area contributed by atoms with Gasteiger partial charge >= 0.3 is 0 Å². The maximum absolute atomic E-state index is 12.6. The summed E-state index contributed by atoms with van der Waals surface area (Å²) in [4.78, 5) is 26.7. The first-order valence-electron chi connectivity index (χ1n) is 6.96. The summed E-state index contributed by atoms with van der Waals surface area (Å²) in [6.45, 7) is 8.17. The number of nitrogens with zero attached hydrogens (tertiary/aromatic N) is 1. The molecule has 1 atom stereocenters. The minimum absolute atomic E-state index is 0.0195. The van der Waals surface area contributed by atoms with Gasteiger partial charge in [-0.3, -0.25) is 9.59 Å². The second kappa shape index (κ2) is 4.25. The van der Waals surface area contributed by atoms with Crippen molar-refractivity contribution in [3.63, 3.8) is 0 Å². The van der Waals surface area contributed by atoms with Crippen molar-refractivity contribution in [2.45, 2.75) is 64.5 Å². The zero-order valence-corrected chi connectivity index (χ0v) is 11.9. The molecular weight excluding hydrogens is 228 g/mol. The quantitative estimate of drug-likeness (QED) is 0.831. The second-order valence-corrected chi connectivity index (χ2v) is 6.42. The van der Waals surface area contributed by atoms with E-state index in [9.17, 15) is 9.59 Å². The third kappa shape index (κ3) is 1.91. The average Bonchev–Trinajstić information content (AvgIpc) is 2.23. The van der Waals surface area contributed by atoms with Crippen LogP contribution in [0.15, 0.2) is 0 Å². The van der Waals surface area contributed by atoms with Gasteiger partial charge in [-0.05, 0) is 46.0 Å². The average molecular weight is 252 g/mol. The van der Waals surface area contributed by atoms with Crippen molar-refractivity contribution in [1.82, 2.24) is 10.2 Å². The van der Waals surface area contributed by atoms with Crippen LogP contribution in [0.4, 0.5) is 0 Å². The third-order valence-electron chi connectivity index (χ3n) is 4.64. The van der Waals surface area contributed by atoms with Gasteiger partial charge in [0.05, 0.1) is 0 Å². The highest BCUT2D eigenvalue weighted by Gasteiger charge is 2.52. The normalized spacial score (nSPS) is 32.1. The number of hydrogen-bond donors (Lipinski definition) is 1. The van der Waals surface area contributed by atoms with Gasteiger partial charge in [0.15, 0.2) is 0 Å². The van der Waals surface area contributed by atoms with E-state index in [0.717, 1.165) is 6.54 Å². The number of piperazine rings is 1. The molecule has 2 amide bonds. The smallest absolute Gasteiger partial charge is 0.248 e. The predicted molar refractivity (Wildman–Crippen MR) is 70.0 cm³/mol. The molecule has 2 rings (SSSR count). The molecule has 2 fully saturated rings. The van der Waals surface area contributed by atoms with E-state index in [0.29, 0.717) is 12.3 Å². The molecule has 0 spiro atoms. The van der Waals surface area contributed by atoms with Crippen LogP contribution >= 0.6 is 0 Å². The molecular formula is C14H24N2O2. The maximum atomic E-state index is 12.6. The Morgan fingerprint density at radius 1 is 1.28 bits per heavy atom. The van der Waals surface area contributed by atoms with Crippen LogP contribution in [-0.4, -0.2) is 34.3 Å². The van der Waals surface area contributed by atoms with Gasteiger partial charge in [0.25, 0.3) is 0 Å². The van der Waals surface area contributed by atoms with E-state index in [1.807, 2.05) is 18.7 Å².